The molecule has 0 spiro atoms. The Balaban J connectivity index is 1.67. The summed E-state index contributed by atoms with van der Waals surface area (Å²) in [5.74, 6) is -2.29. The summed E-state index contributed by atoms with van der Waals surface area (Å²) in [4.78, 5) is 27.9. The number of carbonyl (C=O) groups excluding carboxylic acids is 1. The van der Waals surface area contributed by atoms with E-state index >= 15 is 0 Å². The minimum atomic E-state index is -4.78. The van der Waals surface area contributed by atoms with E-state index in [1.165, 1.54) is 30.6 Å². The molecule has 0 saturated heterocycles. The number of aromatic nitrogens is 4. The van der Waals surface area contributed by atoms with Crippen LogP contribution in [0.2, 0.25) is 0 Å². The summed E-state index contributed by atoms with van der Waals surface area (Å²) >= 11 is 0. The van der Waals surface area contributed by atoms with Crippen molar-refractivity contribution in [3.05, 3.63) is 84.6 Å². The second-order valence-corrected chi connectivity index (χ2v) is 6.65. The van der Waals surface area contributed by atoms with Gasteiger partial charge in [-0.15, -0.1) is 0 Å². The van der Waals surface area contributed by atoms with Crippen molar-refractivity contribution in [2.75, 3.05) is 11.1 Å². The van der Waals surface area contributed by atoms with Gasteiger partial charge in [0.2, 0.25) is 5.82 Å². The maximum absolute atomic E-state index is 13.1. The van der Waals surface area contributed by atoms with Crippen molar-refractivity contribution in [1.82, 2.24) is 19.9 Å². The molecule has 3 N–H and O–H groups in total. The summed E-state index contributed by atoms with van der Waals surface area (Å²) in [5.41, 5.74) is 7.35. The van der Waals surface area contributed by atoms with Crippen LogP contribution in [-0.2, 0) is 6.18 Å². The van der Waals surface area contributed by atoms with Crippen LogP contribution < -0.4 is 11.1 Å². The van der Waals surface area contributed by atoms with E-state index < -0.39 is 17.9 Å². The van der Waals surface area contributed by atoms with E-state index in [0.29, 0.717) is 5.69 Å². The van der Waals surface area contributed by atoms with Crippen molar-refractivity contribution in [2.45, 2.75) is 6.18 Å². The molecule has 4 rings (SSSR count). The first-order valence-electron chi connectivity index (χ1n) is 9.31. The monoisotopic (exact) mass is 436 g/mol. The topological polar surface area (TPSA) is 107 Å². The lowest BCUT2D eigenvalue weighted by atomic mass is 10.1. The van der Waals surface area contributed by atoms with Gasteiger partial charge in [0.05, 0.1) is 23.3 Å². The number of hydrogen-bond donors (Lipinski definition) is 2. The number of nitrogens with zero attached hydrogens (tertiary/aromatic N) is 4. The zero-order chi connectivity index (χ0) is 22.7. The fourth-order valence-electron chi connectivity index (χ4n) is 2.97. The highest BCUT2D eigenvalue weighted by Crippen LogP contribution is 2.32. The van der Waals surface area contributed by atoms with Gasteiger partial charge in [-0.25, -0.2) is 15.0 Å². The fourth-order valence-corrected chi connectivity index (χ4v) is 2.97. The van der Waals surface area contributed by atoms with Crippen LogP contribution in [0.4, 0.5) is 24.7 Å². The van der Waals surface area contributed by atoms with Crippen LogP contribution in [0.3, 0.4) is 0 Å². The van der Waals surface area contributed by atoms with Crippen molar-refractivity contribution >= 4 is 17.4 Å². The average molecular weight is 436 g/mol. The molecule has 0 unspecified atom stereocenters. The van der Waals surface area contributed by atoms with Crippen LogP contribution in [0, 0.1) is 0 Å². The number of nitrogens with two attached hydrogens (primary N) is 1. The Labute approximate surface area is 180 Å². The predicted molar refractivity (Wildman–Crippen MR) is 112 cm³/mol. The average Bonchev–Trinajstić information content (AvgIpc) is 2.79. The lowest BCUT2D eigenvalue weighted by Crippen LogP contribution is -2.16. The zero-order valence-electron chi connectivity index (χ0n) is 16.3. The van der Waals surface area contributed by atoms with E-state index in [1.54, 1.807) is 12.1 Å². The molecule has 3 aromatic heterocycles. The number of amides is 1. The first kappa shape index (κ1) is 20.9. The summed E-state index contributed by atoms with van der Waals surface area (Å²) in [5, 5.41) is 2.64. The highest BCUT2D eigenvalue weighted by Gasteiger charge is 2.35. The van der Waals surface area contributed by atoms with E-state index in [2.05, 4.69) is 25.3 Å². The van der Waals surface area contributed by atoms with Crippen LogP contribution >= 0.6 is 0 Å². The van der Waals surface area contributed by atoms with Crippen molar-refractivity contribution in [3.8, 4) is 22.5 Å². The third kappa shape index (κ3) is 4.53. The quantitative estimate of drug-likeness (QED) is 0.489. The normalized spacial score (nSPS) is 11.2. The van der Waals surface area contributed by atoms with Gasteiger partial charge in [0.1, 0.15) is 11.5 Å². The first-order valence-corrected chi connectivity index (χ1v) is 9.31. The number of nitrogens with one attached hydrogen (secondary N) is 1. The molecule has 7 nitrogen and oxygen atoms in total. The van der Waals surface area contributed by atoms with E-state index in [1.807, 2.05) is 30.3 Å². The standard InChI is InChI=1S/C22H15F3N6O/c23-22(24,25)21-30-17(11-19(26)31-21)14-9-10-27-12-18(14)29-20(32)16-8-4-7-15(28-16)13-5-2-1-3-6-13/h1-12H,(H,29,32)(H2,26,30,31). The van der Waals surface area contributed by atoms with Gasteiger partial charge in [-0.3, -0.25) is 9.78 Å². The maximum Gasteiger partial charge on any atom is 0.451 e. The third-order valence-electron chi connectivity index (χ3n) is 4.40. The van der Waals surface area contributed by atoms with Gasteiger partial charge in [0.15, 0.2) is 0 Å². The Morgan fingerprint density at radius 3 is 2.44 bits per heavy atom. The molecule has 0 bridgehead atoms. The lowest BCUT2D eigenvalue weighted by molar-refractivity contribution is -0.144. The molecule has 10 heteroatoms. The minimum absolute atomic E-state index is 0.103. The summed E-state index contributed by atoms with van der Waals surface area (Å²) in [6.07, 6.45) is -2.10. The Morgan fingerprint density at radius 2 is 1.69 bits per heavy atom. The molecular weight excluding hydrogens is 421 g/mol. The Hall–Kier alpha value is -4.34. The molecule has 3 heterocycles. The number of rotatable bonds is 4. The maximum atomic E-state index is 13.1. The molecule has 4 aromatic rings. The van der Waals surface area contributed by atoms with Gasteiger partial charge < -0.3 is 11.1 Å². The van der Waals surface area contributed by atoms with Gasteiger partial charge in [0.25, 0.3) is 5.91 Å². The van der Waals surface area contributed by atoms with Crippen molar-refractivity contribution in [2.24, 2.45) is 0 Å². The number of alkyl halides is 3. The van der Waals surface area contributed by atoms with Gasteiger partial charge in [-0.1, -0.05) is 36.4 Å². The Kier molecular flexibility index (Phi) is 5.50. The second kappa shape index (κ2) is 8.42. The van der Waals surface area contributed by atoms with Crippen LogP contribution in [0.25, 0.3) is 22.5 Å². The third-order valence-corrected chi connectivity index (χ3v) is 4.40. The summed E-state index contributed by atoms with van der Waals surface area (Å²) < 4.78 is 39.3. The molecule has 0 saturated carbocycles. The van der Waals surface area contributed by atoms with Crippen LogP contribution in [0.1, 0.15) is 16.3 Å². The van der Waals surface area contributed by atoms with E-state index in [0.717, 1.165) is 5.56 Å². The number of pyridine rings is 2. The molecule has 0 atom stereocenters. The smallest absolute Gasteiger partial charge is 0.384 e. The van der Waals surface area contributed by atoms with Crippen molar-refractivity contribution in [3.63, 3.8) is 0 Å². The molecule has 0 aliphatic heterocycles. The molecule has 0 fully saturated rings. The molecule has 160 valence electrons. The number of nitrogen functional groups attached to an aromatic ring is 1. The number of benzene rings is 1. The molecule has 0 aliphatic rings. The number of carbonyl (C=O) groups is 1. The summed E-state index contributed by atoms with van der Waals surface area (Å²) in [6, 6.07) is 16.9. The predicted octanol–water partition coefficient (Wildman–Crippen LogP) is 4.45. The lowest BCUT2D eigenvalue weighted by Gasteiger charge is -2.12. The van der Waals surface area contributed by atoms with Gasteiger partial charge >= 0.3 is 6.18 Å². The van der Waals surface area contributed by atoms with Gasteiger partial charge in [-0.2, -0.15) is 13.2 Å². The molecule has 1 amide bonds. The molecule has 32 heavy (non-hydrogen) atoms. The second-order valence-electron chi connectivity index (χ2n) is 6.65. The highest BCUT2D eigenvalue weighted by atomic mass is 19.4. The molecular formula is C22H15F3N6O. The Bertz CT molecular complexity index is 1280. The molecule has 1 aromatic carbocycles. The van der Waals surface area contributed by atoms with E-state index in [9.17, 15) is 18.0 Å². The van der Waals surface area contributed by atoms with Crippen LogP contribution in [0.5, 0.6) is 0 Å². The fraction of sp³-hybridized carbons (Fsp3) is 0.0455. The SMILES string of the molecule is Nc1cc(-c2ccncc2NC(=O)c2cccc(-c3ccccc3)n2)nc(C(F)(F)F)n1. The first-order chi connectivity index (χ1) is 15.3. The summed E-state index contributed by atoms with van der Waals surface area (Å²) in [7, 11) is 0. The van der Waals surface area contributed by atoms with E-state index in [-0.39, 0.29) is 28.5 Å². The summed E-state index contributed by atoms with van der Waals surface area (Å²) in [6.45, 7) is 0. The van der Waals surface area contributed by atoms with Gasteiger partial charge in [0, 0.05) is 23.4 Å². The zero-order valence-corrected chi connectivity index (χ0v) is 16.3. The van der Waals surface area contributed by atoms with Crippen LogP contribution in [0.15, 0.2) is 73.1 Å². The number of halogens is 3. The van der Waals surface area contributed by atoms with E-state index in [4.69, 9.17) is 5.73 Å². The van der Waals surface area contributed by atoms with Gasteiger partial charge in [-0.05, 0) is 18.2 Å². The van der Waals surface area contributed by atoms with Crippen molar-refractivity contribution in [1.29, 1.82) is 0 Å². The highest BCUT2D eigenvalue weighted by molar-refractivity contribution is 6.05. The van der Waals surface area contributed by atoms with Crippen LogP contribution in [-0.4, -0.2) is 25.8 Å². The number of hydrogen-bond acceptors (Lipinski definition) is 6. The minimum Gasteiger partial charge on any atom is -0.384 e. The largest absolute Gasteiger partial charge is 0.451 e. The molecule has 0 aliphatic carbocycles. The molecule has 0 radical (unpaired) electrons. The number of anilines is 2. The van der Waals surface area contributed by atoms with Crippen molar-refractivity contribution < 1.29 is 18.0 Å². The Morgan fingerprint density at radius 1 is 0.906 bits per heavy atom.